The van der Waals surface area contributed by atoms with E-state index in [0.717, 1.165) is 12.0 Å². The van der Waals surface area contributed by atoms with Gasteiger partial charge in [-0.05, 0) is 24.1 Å². The van der Waals surface area contributed by atoms with Crippen LogP contribution < -0.4 is 5.32 Å². The molecule has 2 rings (SSSR count). The van der Waals surface area contributed by atoms with Crippen LogP contribution in [0.3, 0.4) is 0 Å². The molecule has 1 aliphatic rings. The van der Waals surface area contributed by atoms with Gasteiger partial charge in [-0.25, -0.2) is 0 Å². The third kappa shape index (κ3) is 4.19. The van der Waals surface area contributed by atoms with Gasteiger partial charge in [-0.3, -0.25) is 9.59 Å². The number of amides is 2. The third-order valence-electron chi connectivity index (χ3n) is 3.55. The quantitative estimate of drug-likeness (QED) is 0.922. The second-order valence-electron chi connectivity index (χ2n) is 5.18. The van der Waals surface area contributed by atoms with Crippen LogP contribution in [0.25, 0.3) is 0 Å². The fourth-order valence-corrected chi connectivity index (χ4v) is 2.42. The van der Waals surface area contributed by atoms with E-state index in [1.807, 2.05) is 12.1 Å². The maximum atomic E-state index is 12.0. The van der Waals surface area contributed by atoms with Crippen LogP contribution in [-0.2, 0) is 14.3 Å². The fourth-order valence-electron chi connectivity index (χ4n) is 2.30. The van der Waals surface area contributed by atoms with Gasteiger partial charge in [0.25, 0.3) is 0 Å². The first kappa shape index (κ1) is 15.8. The van der Waals surface area contributed by atoms with Gasteiger partial charge in [-0.15, -0.1) is 0 Å². The number of nitrogens with zero attached hydrogens (tertiary/aromatic N) is 1. The minimum absolute atomic E-state index is 0.0547. The summed E-state index contributed by atoms with van der Waals surface area (Å²) in [6.45, 7) is 2.09. The van der Waals surface area contributed by atoms with Crippen molar-refractivity contribution >= 4 is 23.4 Å². The molecule has 114 valence electrons. The number of hydrogen-bond acceptors (Lipinski definition) is 3. The molecule has 5 nitrogen and oxygen atoms in total. The largest absolute Gasteiger partial charge is 0.371 e. The van der Waals surface area contributed by atoms with Crippen molar-refractivity contribution in [3.63, 3.8) is 0 Å². The van der Waals surface area contributed by atoms with Gasteiger partial charge in [0.15, 0.2) is 0 Å². The van der Waals surface area contributed by atoms with Crippen molar-refractivity contribution in [2.45, 2.75) is 25.5 Å². The summed E-state index contributed by atoms with van der Waals surface area (Å²) >= 11 is 5.88. The van der Waals surface area contributed by atoms with Gasteiger partial charge >= 0.3 is 0 Å². The van der Waals surface area contributed by atoms with E-state index in [9.17, 15) is 9.59 Å². The number of likely N-dealkylation sites (N-methyl/N-ethyl adjacent to an activating group) is 1. The lowest BCUT2D eigenvalue weighted by atomic mass is 10.0. The first-order valence-corrected chi connectivity index (χ1v) is 7.23. The lowest BCUT2D eigenvalue weighted by Crippen LogP contribution is -2.43. The van der Waals surface area contributed by atoms with Crippen LogP contribution in [0.2, 0.25) is 5.02 Å². The van der Waals surface area contributed by atoms with Crippen molar-refractivity contribution < 1.29 is 14.3 Å². The van der Waals surface area contributed by atoms with E-state index in [1.165, 1.54) is 11.8 Å². The van der Waals surface area contributed by atoms with Gasteiger partial charge in [0.1, 0.15) is 6.10 Å². The number of halogens is 1. The lowest BCUT2D eigenvalue weighted by Gasteiger charge is -2.22. The molecule has 1 aliphatic heterocycles. The molecule has 2 amide bonds. The van der Waals surface area contributed by atoms with Crippen LogP contribution in [0.4, 0.5) is 0 Å². The van der Waals surface area contributed by atoms with E-state index in [-0.39, 0.29) is 30.5 Å². The molecular weight excluding hydrogens is 292 g/mol. The Morgan fingerprint density at radius 1 is 1.38 bits per heavy atom. The van der Waals surface area contributed by atoms with Gasteiger partial charge in [0.2, 0.25) is 11.8 Å². The summed E-state index contributed by atoms with van der Waals surface area (Å²) in [5.74, 6) is -0.316. The molecule has 1 heterocycles. The molecule has 0 aliphatic carbocycles. The normalized spacial score (nSPS) is 21.1. The first-order chi connectivity index (χ1) is 9.97. The summed E-state index contributed by atoms with van der Waals surface area (Å²) in [5, 5.41) is 3.60. The zero-order valence-corrected chi connectivity index (χ0v) is 12.9. The summed E-state index contributed by atoms with van der Waals surface area (Å²) in [5.41, 5.74) is 0.988. The van der Waals surface area contributed by atoms with Crippen molar-refractivity contribution in [3.05, 3.63) is 34.9 Å². The summed E-state index contributed by atoms with van der Waals surface area (Å²) in [6, 6.07) is 7.33. The molecule has 1 saturated heterocycles. The van der Waals surface area contributed by atoms with Crippen LogP contribution in [0, 0.1) is 0 Å². The maximum Gasteiger partial charge on any atom is 0.239 e. The molecular formula is C15H19ClN2O3. The molecule has 6 heteroatoms. The van der Waals surface area contributed by atoms with Crippen LogP contribution >= 0.6 is 11.6 Å². The highest BCUT2D eigenvalue weighted by Crippen LogP contribution is 2.29. The molecule has 0 radical (unpaired) electrons. The summed E-state index contributed by atoms with van der Waals surface area (Å²) < 4.78 is 5.71. The van der Waals surface area contributed by atoms with Crippen molar-refractivity contribution in [2.24, 2.45) is 0 Å². The summed E-state index contributed by atoms with van der Waals surface area (Å²) in [7, 11) is 1.60. The van der Waals surface area contributed by atoms with Crippen LogP contribution in [0.5, 0.6) is 0 Å². The van der Waals surface area contributed by atoms with E-state index < -0.39 is 0 Å². The molecule has 1 N–H and O–H groups in total. The van der Waals surface area contributed by atoms with Gasteiger partial charge in [-0.2, -0.15) is 0 Å². The predicted molar refractivity (Wildman–Crippen MR) is 80.0 cm³/mol. The molecule has 0 bridgehead atoms. The SMILES string of the molecule is CC(=O)N(C)CC(=O)NC1CCOC1c1ccc(Cl)cc1. The molecule has 0 saturated carbocycles. The van der Waals surface area contributed by atoms with Gasteiger partial charge in [0, 0.05) is 25.6 Å². The predicted octanol–water partition coefficient (Wildman–Crippen LogP) is 1.76. The second-order valence-corrected chi connectivity index (χ2v) is 5.62. The standard InChI is InChI=1S/C15H19ClN2O3/c1-10(19)18(2)9-14(20)17-13-7-8-21-15(13)11-3-5-12(16)6-4-11/h3-6,13,15H,7-9H2,1-2H3,(H,17,20). The van der Waals surface area contributed by atoms with Crippen LogP contribution in [0.1, 0.15) is 25.0 Å². The highest BCUT2D eigenvalue weighted by atomic mass is 35.5. The maximum absolute atomic E-state index is 12.0. The van der Waals surface area contributed by atoms with Crippen molar-refractivity contribution in [2.75, 3.05) is 20.2 Å². The van der Waals surface area contributed by atoms with Crippen molar-refractivity contribution in [1.82, 2.24) is 10.2 Å². The zero-order valence-electron chi connectivity index (χ0n) is 12.1. The fraction of sp³-hybridized carbons (Fsp3) is 0.467. The molecule has 2 unspecified atom stereocenters. The molecule has 21 heavy (non-hydrogen) atoms. The Kier molecular flexibility index (Phi) is 5.20. The monoisotopic (exact) mass is 310 g/mol. The Balaban J connectivity index is 1.97. The van der Waals surface area contributed by atoms with Gasteiger partial charge < -0.3 is 15.0 Å². The van der Waals surface area contributed by atoms with E-state index in [0.29, 0.717) is 11.6 Å². The van der Waals surface area contributed by atoms with E-state index in [1.54, 1.807) is 19.2 Å². The number of carbonyl (C=O) groups is 2. The first-order valence-electron chi connectivity index (χ1n) is 6.85. The van der Waals surface area contributed by atoms with E-state index in [4.69, 9.17) is 16.3 Å². The molecule has 2 atom stereocenters. The zero-order chi connectivity index (χ0) is 15.4. The van der Waals surface area contributed by atoms with Gasteiger partial charge in [-0.1, -0.05) is 23.7 Å². The minimum Gasteiger partial charge on any atom is -0.371 e. The number of carbonyl (C=O) groups excluding carboxylic acids is 2. The number of hydrogen-bond donors (Lipinski definition) is 1. The Morgan fingerprint density at radius 3 is 2.67 bits per heavy atom. The molecule has 1 fully saturated rings. The molecule has 0 aromatic heterocycles. The number of ether oxygens (including phenoxy) is 1. The minimum atomic E-state index is -0.179. The van der Waals surface area contributed by atoms with Crippen LogP contribution in [-0.4, -0.2) is 43.0 Å². The highest BCUT2D eigenvalue weighted by molar-refractivity contribution is 6.30. The highest BCUT2D eigenvalue weighted by Gasteiger charge is 2.31. The Morgan fingerprint density at radius 2 is 2.05 bits per heavy atom. The Hall–Kier alpha value is -1.59. The van der Waals surface area contributed by atoms with Gasteiger partial charge in [0.05, 0.1) is 12.6 Å². The second kappa shape index (κ2) is 6.91. The number of nitrogens with one attached hydrogen (secondary N) is 1. The number of benzene rings is 1. The third-order valence-corrected chi connectivity index (χ3v) is 3.81. The molecule has 1 aromatic rings. The van der Waals surface area contributed by atoms with E-state index >= 15 is 0 Å². The van der Waals surface area contributed by atoms with Crippen molar-refractivity contribution in [3.8, 4) is 0 Å². The Bertz CT molecular complexity index is 518. The smallest absolute Gasteiger partial charge is 0.239 e. The summed E-state index contributed by atoms with van der Waals surface area (Å²) in [6.07, 6.45) is 0.580. The van der Waals surface area contributed by atoms with Crippen molar-refractivity contribution in [1.29, 1.82) is 0 Å². The summed E-state index contributed by atoms with van der Waals surface area (Å²) in [4.78, 5) is 24.5. The average Bonchev–Trinajstić information content (AvgIpc) is 2.87. The Labute approximate surface area is 129 Å². The van der Waals surface area contributed by atoms with E-state index in [2.05, 4.69) is 5.32 Å². The van der Waals surface area contributed by atoms with Crippen LogP contribution in [0.15, 0.2) is 24.3 Å². The number of rotatable bonds is 4. The lowest BCUT2D eigenvalue weighted by molar-refractivity contribution is -0.133. The molecule has 1 aromatic carbocycles. The average molecular weight is 311 g/mol. The topological polar surface area (TPSA) is 58.6 Å². The molecule has 0 spiro atoms.